The Morgan fingerprint density at radius 1 is 1.17 bits per heavy atom. The molecule has 3 heteroatoms. The van der Waals surface area contributed by atoms with Crippen LogP contribution in [0.15, 0.2) is 11.6 Å². The molecule has 2 rings (SSSR count). The molecule has 2 aliphatic rings. The van der Waals surface area contributed by atoms with Gasteiger partial charge in [-0.25, -0.2) is 0 Å². The van der Waals surface area contributed by atoms with Crippen molar-refractivity contribution >= 4 is 11.7 Å². The second-order valence-electron chi connectivity index (χ2n) is 7.32. The second-order valence-corrected chi connectivity index (χ2v) is 7.32. The monoisotopic (exact) mass is 319 g/mol. The first-order valence-electron chi connectivity index (χ1n) is 9.57. The van der Waals surface area contributed by atoms with Gasteiger partial charge >= 0.3 is 0 Å². The third-order valence-electron chi connectivity index (χ3n) is 5.84. The molecule has 1 heterocycles. The van der Waals surface area contributed by atoms with Crippen molar-refractivity contribution in [2.45, 2.75) is 84.6 Å². The highest BCUT2D eigenvalue weighted by molar-refractivity contribution is 5.95. The number of piperidine rings is 1. The summed E-state index contributed by atoms with van der Waals surface area (Å²) in [5.41, 5.74) is 0.898. The molecular formula is C20H33NO2. The van der Waals surface area contributed by atoms with Crippen LogP contribution in [0, 0.1) is 11.8 Å². The first kappa shape index (κ1) is 18.2. The molecule has 3 unspecified atom stereocenters. The van der Waals surface area contributed by atoms with E-state index in [0.29, 0.717) is 18.9 Å². The van der Waals surface area contributed by atoms with Crippen LogP contribution in [0.25, 0.3) is 0 Å². The molecule has 3 atom stereocenters. The Bertz CT molecular complexity index is 453. The van der Waals surface area contributed by atoms with Crippen LogP contribution >= 0.6 is 0 Å². The molecule has 23 heavy (non-hydrogen) atoms. The minimum Gasteiger partial charge on any atom is -0.339 e. The van der Waals surface area contributed by atoms with Gasteiger partial charge < -0.3 is 4.90 Å². The first-order valence-corrected chi connectivity index (χ1v) is 9.57. The van der Waals surface area contributed by atoms with Crippen LogP contribution < -0.4 is 0 Å². The van der Waals surface area contributed by atoms with E-state index in [9.17, 15) is 9.59 Å². The Labute approximate surface area is 141 Å². The fourth-order valence-corrected chi connectivity index (χ4v) is 4.38. The quantitative estimate of drug-likeness (QED) is 0.676. The summed E-state index contributed by atoms with van der Waals surface area (Å²) < 4.78 is 0. The molecule has 1 saturated carbocycles. The molecule has 0 aromatic carbocycles. The van der Waals surface area contributed by atoms with E-state index in [1.807, 2.05) is 26.8 Å². The maximum absolute atomic E-state index is 12.9. The normalized spacial score (nSPS) is 26.6. The lowest BCUT2D eigenvalue weighted by Gasteiger charge is -2.45. The van der Waals surface area contributed by atoms with E-state index in [0.717, 1.165) is 30.9 Å². The second kappa shape index (κ2) is 8.65. The van der Waals surface area contributed by atoms with E-state index >= 15 is 0 Å². The summed E-state index contributed by atoms with van der Waals surface area (Å²) in [5.74, 6) is 1.19. The topological polar surface area (TPSA) is 37.4 Å². The zero-order valence-corrected chi connectivity index (χ0v) is 15.1. The molecule has 1 amide bonds. The summed E-state index contributed by atoms with van der Waals surface area (Å²) in [6.07, 6.45) is 11.4. The zero-order chi connectivity index (χ0) is 16.8. The van der Waals surface area contributed by atoms with E-state index in [2.05, 4.69) is 4.90 Å². The number of Topliss-reactive ketones (excluding diaryl/α,β-unsaturated/α-hetero) is 1. The van der Waals surface area contributed by atoms with Crippen molar-refractivity contribution in [3.05, 3.63) is 11.6 Å². The number of nitrogens with zero attached hydrogens (tertiary/aromatic N) is 1. The average Bonchev–Trinajstić information content (AvgIpc) is 2.59. The van der Waals surface area contributed by atoms with E-state index < -0.39 is 0 Å². The predicted molar refractivity (Wildman–Crippen MR) is 94.1 cm³/mol. The minimum absolute atomic E-state index is 0.0328. The van der Waals surface area contributed by atoms with E-state index in [-0.39, 0.29) is 17.6 Å². The Hall–Kier alpha value is -1.12. The van der Waals surface area contributed by atoms with E-state index in [1.165, 1.54) is 32.1 Å². The maximum atomic E-state index is 12.9. The molecule has 0 aromatic heterocycles. The van der Waals surface area contributed by atoms with E-state index in [1.54, 1.807) is 0 Å². The molecule has 3 nitrogen and oxygen atoms in total. The summed E-state index contributed by atoms with van der Waals surface area (Å²) in [4.78, 5) is 27.2. The van der Waals surface area contributed by atoms with E-state index in [4.69, 9.17) is 0 Å². The molecule has 1 saturated heterocycles. The number of hydrogen-bond acceptors (Lipinski definition) is 2. The van der Waals surface area contributed by atoms with Gasteiger partial charge in [0.1, 0.15) is 0 Å². The molecule has 0 radical (unpaired) electrons. The highest BCUT2D eigenvalue weighted by atomic mass is 16.2. The lowest BCUT2D eigenvalue weighted by atomic mass is 9.78. The summed E-state index contributed by atoms with van der Waals surface area (Å²) in [6.45, 7) is 6.86. The van der Waals surface area contributed by atoms with Crippen LogP contribution in [0.3, 0.4) is 0 Å². The number of amides is 1. The van der Waals surface area contributed by atoms with Gasteiger partial charge in [0, 0.05) is 24.9 Å². The predicted octanol–water partition coefficient (Wildman–Crippen LogP) is 4.51. The van der Waals surface area contributed by atoms with Crippen molar-refractivity contribution in [2.75, 3.05) is 6.54 Å². The van der Waals surface area contributed by atoms with Crippen LogP contribution in [0.5, 0.6) is 0 Å². The number of allylic oxidation sites excluding steroid dienone is 2. The largest absolute Gasteiger partial charge is 0.339 e. The van der Waals surface area contributed by atoms with Gasteiger partial charge in [0.15, 0.2) is 5.78 Å². The van der Waals surface area contributed by atoms with Gasteiger partial charge in [-0.15, -0.1) is 0 Å². The molecule has 130 valence electrons. The van der Waals surface area contributed by atoms with Crippen molar-refractivity contribution in [3.8, 4) is 0 Å². The van der Waals surface area contributed by atoms with Gasteiger partial charge in [0.05, 0.1) is 0 Å². The highest BCUT2D eigenvalue weighted by Crippen LogP contribution is 2.36. The Kier molecular flexibility index (Phi) is 6.86. The van der Waals surface area contributed by atoms with Gasteiger partial charge in [-0.3, -0.25) is 9.59 Å². The number of rotatable bonds is 6. The molecular weight excluding hydrogens is 286 g/mol. The van der Waals surface area contributed by atoms with Gasteiger partial charge in [0.25, 0.3) is 0 Å². The summed E-state index contributed by atoms with van der Waals surface area (Å²) in [6, 6.07) is 0.477. The smallest absolute Gasteiger partial charge is 0.225 e. The van der Waals surface area contributed by atoms with Crippen LogP contribution in [-0.4, -0.2) is 29.2 Å². The van der Waals surface area contributed by atoms with Crippen molar-refractivity contribution in [1.29, 1.82) is 0 Å². The van der Waals surface area contributed by atoms with Crippen LogP contribution in [-0.2, 0) is 9.59 Å². The fourth-order valence-electron chi connectivity index (χ4n) is 4.38. The number of fused-ring (bicyclic) bond motifs is 1. The van der Waals surface area contributed by atoms with Gasteiger partial charge in [0.2, 0.25) is 5.91 Å². The average molecular weight is 319 g/mol. The lowest BCUT2D eigenvalue weighted by molar-refractivity contribution is -0.141. The molecule has 2 fully saturated rings. The number of ketones is 1. The van der Waals surface area contributed by atoms with Gasteiger partial charge in [-0.1, -0.05) is 32.8 Å². The van der Waals surface area contributed by atoms with Crippen molar-refractivity contribution in [2.24, 2.45) is 11.8 Å². The van der Waals surface area contributed by atoms with Crippen molar-refractivity contribution in [1.82, 2.24) is 4.90 Å². The molecule has 1 aliphatic heterocycles. The molecule has 0 aromatic rings. The summed E-state index contributed by atoms with van der Waals surface area (Å²) in [5, 5.41) is 0. The fraction of sp³-hybridized carbons (Fsp3) is 0.800. The number of hydrogen-bond donors (Lipinski definition) is 0. The third-order valence-corrected chi connectivity index (χ3v) is 5.84. The van der Waals surface area contributed by atoms with Crippen LogP contribution in [0.4, 0.5) is 0 Å². The highest BCUT2D eigenvalue weighted by Gasteiger charge is 2.36. The summed E-state index contributed by atoms with van der Waals surface area (Å²) in [7, 11) is 0. The number of likely N-dealkylation sites (tertiary alicyclic amines) is 1. The van der Waals surface area contributed by atoms with Crippen molar-refractivity contribution in [3.63, 3.8) is 0 Å². The molecule has 0 N–H and O–H groups in total. The first-order chi connectivity index (χ1) is 11.1. The van der Waals surface area contributed by atoms with Crippen LogP contribution in [0.1, 0.15) is 78.6 Å². The maximum Gasteiger partial charge on any atom is 0.225 e. The Morgan fingerprint density at radius 3 is 2.57 bits per heavy atom. The van der Waals surface area contributed by atoms with Gasteiger partial charge in [-0.05, 0) is 56.9 Å². The molecule has 0 bridgehead atoms. The van der Waals surface area contributed by atoms with Gasteiger partial charge in [-0.2, -0.15) is 0 Å². The summed E-state index contributed by atoms with van der Waals surface area (Å²) >= 11 is 0. The van der Waals surface area contributed by atoms with Crippen molar-refractivity contribution < 1.29 is 9.59 Å². The third kappa shape index (κ3) is 4.45. The lowest BCUT2D eigenvalue weighted by Crippen LogP contribution is -2.51. The number of carbonyl (C=O) groups is 2. The standard InChI is InChI=1S/C20H33NO2/c1-4-16(5-2)19(22)13-12-15(3)20(23)21-14-8-10-17-9-6-7-11-18(17)21/h4,15,17-18H,5-14H2,1-3H3. The molecule has 1 aliphatic carbocycles. The Morgan fingerprint density at radius 2 is 1.87 bits per heavy atom. The zero-order valence-electron chi connectivity index (χ0n) is 15.1. The SMILES string of the molecule is CC=C(CC)C(=O)CCC(C)C(=O)N1CCCC2CCCCC21. The Balaban J connectivity index is 1.90. The minimum atomic E-state index is -0.0328. The number of carbonyl (C=O) groups excluding carboxylic acids is 2. The molecule has 0 spiro atoms. The van der Waals surface area contributed by atoms with Crippen LogP contribution in [0.2, 0.25) is 0 Å².